The maximum Gasteiger partial charge on any atom is 0.251 e. The van der Waals surface area contributed by atoms with Gasteiger partial charge in [0.1, 0.15) is 6.61 Å². The van der Waals surface area contributed by atoms with E-state index in [1.165, 1.54) is 0 Å². The van der Waals surface area contributed by atoms with E-state index in [0.717, 1.165) is 11.3 Å². The van der Waals surface area contributed by atoms with E-state index >= 15 is 0 Å². The zero-order valence-corrected chi connectivity index (χ0v) is 14.7. The molecule has 1 aromatic carbocycles. The van der Waals surface area contributed by atoms with Gasteiger partial charge >= 0.3 is 0 Å². The third-order valence-electron chi connectivity index (χ3n) is 3.70. The van der Waals surface area contributed by atoms with E-state index in [2.05, 4.69) is 36.2 Å². The van der Waals surface area contributed by atoms with Crippen molar-refractivity contribution in [1.82, 2.24) is 14.6 Å². The number of rotatable bonds is 5. The molecule has 1 N–H and O–H groups in total. The smallest absolute Gasteiger partial charge is 0.251 e. The van der Waals surface area contributed by atoms with E-state index in [1.807, 2.05) is 42.5 Å². The molecular formula is C19H22N4O2. The summed E-state index contributed by atoms with van der Waals surface area (Å²) in [6.45, 7) is 6.68. The Bertz CT molecular complexity index is 866. The molecule has 3 rings (SSSR count). The van der Waals surface area contributed by atoms with Crippen LogP contribution in [-0.4, -0.2) is 27.1 Å². The molecule has 0 unspecified atom stereocenters. The van der Waals surface area contributed by atoms with Gasteiger partial charge < -0.3 is 10.1 Å². The second-order valence-corrected chi connectivity index (χ2v) is 6.92. The maximum absolute atomic E-state index is 12.0. The Balaban J connectivity index is 1.59. The number of imidazole rings is 1. The number of benzene rings is 1. The number of amides is 1. The highest BCUT2D eigenvalue weighted by Gasteiger charge is 2.16. The van der Waals surface area contributed by atoms with Gasteiger partial charge in [-0.15, -0.1) is 0 Å². The van der Waals surface area contributed by atoms with Crippen molar-refractivity contribution in [3.8, 4) is 0 Å². The van der Waals surface area contributed by atoms with Crippen LogP contribution in [0.2, 0.25) is 0 Å². The van der Waals surface area contributed by atoms with Gasteiger partial charge in [-0.3, -0.25) is 4.79 Å². The second kappa shape index (κ2) is 7.03. The van der Waals surface area contributed by atoms with Crippen molar-refractivity contribution >= 4 is 17.4 Å². The third-order valence-corrected chi connectivity index (χ3v) is 3.70. The van der Waals surface area contributed by atoms with Gasteiger partial charge in [0.05, 0.1) is 18.5 Å². The number of nitrogens with zero attached hydrogens (tertiary/aromatic N) is 3. The van der Waals surface area contributed by atoms with Crippen molar-refractivity contribution in [3.63, 3.8) is 0 Å². The Morgan fingerprint density at radius 1 is 1.16 bits per heavy atom. The van der Waals surface area contributed by atoms with Gasteiger partial charge in [0, 0.05) is 5.41 Å². The van der Waals surface area contributed by atoms with Crippen LogP contribution in [0.15, 0.2) is 48.7 Å². The van der Waals surface area contributed by atoms with E-state index < -0.39 is 0 Å². The highest BCUT2D eigenvalue weighted by molar-refractivity contribution is 5.91. The Labute approximate surface area is 146 Å². The van der Waals surface area contributed by atoms with Crippen molar-refractivity contribution < 1.29 is 9.53 Å². The predicted octanol–water partition coefficient (Wildman–Crippen LogP) is 3.18. The number of aromatic nitrogens is 3. The van der Waals surface area contributed by atoms with Gasteiger partial charge in [-0.1, -0.05) is 51.1 Å². The molecule has 130 valence electrons. The highest BCUT2D eigenvalue weighted by Crippen LogP contribution is 2.20. The first-order valence-corrected chi connectivity index (χ1v) is 8.20. The molecule has 0 aliphatic carbocycles. The number of carbonyl (C=O) groups is 1. The van der Waals surface area contributed by atoms with Gasteiger partial charge in [-0.2, -0.15) is 5.10 Å². The summed E-state index contributed by atoms with van der Waals surface area (Å²) in [6.07, 6.45) is 1.71. The normalized spacial score (nSPS) is 11.6. The number of hydrogen-bond acceptors (Lipinski definition) is 4. The molecule has 2 aromatic heterocycles. The summed E-state index contributed by atoms with van der Waals surface area (Å²) >= 11 is 0. The van der Waals surface area contributed by atoms with E-state index in [0.29, 0.717) is 18.1 Å². The lowest BCUT2D eigenvalue weighted by Gasteiger charge is -2.16. The summed E-state index contributed by atoms with van der Waals surface area (Å²) in [7, 11) is 0. The number of nitrogens with one attached hydrogen (secondary N) is 1. The summed E-state index contributed by atoms with van der Waals surface area (Å²) in [6, 6.07) is 13.6. The Morgan fingerprint density at radius 2 is 1.92 bits per heavy atom. The second-order valence-electron chi connectivity index (χ2n) is 6.92. The van der Waals surface area contributed by atoms with Gasteiger partial charge in [-0.25, -0.2) is 9.50 Å². The average Bonchev–Trinajstić information content (AvgIpc) is 2.96. The Kier molecular flexibility index (Phi) is 4.81. The third kappa shape index (κ3) is 4.42. The summed E-state index contributed by atoms with van der Waals surface area (Å²) < 4.78 is 7.11. The molecule has 6 heteroatoms. The molecule has 0 atom stereocenters. The molecule has 0 fully saturated rings. The number of fused-ring (bicyclic) bond motifs is 1. The summed E-state index contributed by atoms with van der Waals surface area (Å²) in [5.41, 5.74) is 2.63. The molecule has 0 aliphatic heterocycles. The fraction of sp³-hybridized carbons (Fsp3) is 0.316. The van der Waals surface area contributed by atoms with Gasteiger partial charge in [0.15, 0.2) is 11.5 Å². The SMILES string of the molecule is CC(C)(C)c1ccc2nc(NC(=O)COCc3ccccc3)cn2n1. The first kappa shape index (κ1) is 17.1. The molecular weight excluding hydrogens is 316 g/mol. The van der Waals surface area contributed by atoms with Crippen LogP contribution in [0.1, 0.15) is 32.0 Å². The van der Waals surface area contributed by atoms with Crippen LogP contribution in [0, 0.1) is 0 Å². The first-order valence-electron chi connectivity index (χ1n) is 8.20. The van der Waals surface area contributed by atoms with Gasteiger partial charge in [0.25, 0.3) is 5.91 Å². The van der Waals surface area contributed by atoms with Crippen LogP contribution in [-0.2, 0) is 21.6 Å². The summed E-state index contributed by atoms with van der Waals surface area (Å²) in [5.74, 6) is 0.224. The lowest BCUT2D eigenvalue weighted by atomic mass is 9.92. The minimum absolute atomic E-state index is 0.0244. The molecule has 1 amide bonds. The molecule has 0 radical (unpaired) electrons. The average molecular weight is 338 g/mol. The minimum Gasteiger partial charge on any atom is -0.367 e. The molecule has 25 heavy (non-hydrogen) atoms. The van der Waals surface area contributed by atoms with Gasteiger partial charge in [0.2, 0.25) is 0 Å². The number of carbonyl (C=O) groups excluding carboxylic acids is 1. The topological polar surface area (TPSA) is 68.5 Å². The number of anilines is 1. The monoisotopic (exact) mass is 338 g/mol. The van der Waals surface area contributed by atoms with Gasteiger partial charge in [-0.05, 0) is 17.7 Å². The maximum atomic E-state index is 12.0. The lowest BCUT2D eigenvalue weighted by molar-refractivity contribution is -0.121. The lowest BCUT2D eigenvalue weighted by Crippen LogP contribution is -2.18. The zero-order chi connectivity index (χ0) is 17.9. The van der Waals surface area contributed by atoms with E-state index in [9.17, 15) is 4.79 Å². The molecule has 0 saturated carbocycles. The van der Waals surface area contributed by atoms with Crippen LogP contribution in [0.4, 0.5) is 5.82 Å². The number of hydrogen-bond donors (Lipinski definition) is 1. The quantitative estimate of drug-likeness (QED) is 0.776. The fourth-order valence-corrected chi connectivity index (χ4v) is 2.36. The van der Waals surface area contributed by atoms with Crippen molar-refractivity contribution in [2.45, 2.75) is 32.8 Å². The van der Waals surface area contributed by atoms with Crippen molar-refractivity contribution in [2.75, 3.05) is 11.9 Å². The minimum atomic E-state index is -0.240. The summed E-state index contributed by atoms with van der Waals surface area (Å²) in [5, 5.41) is 7.29. The molecule has 0 saturated heterocycles. The zero-order valence-electron chi connectivity index (χ0n) is 14.7. The Morgan fingerprint density at radius 3 is 2.64 bits per heavy atom. The molecule has 6 nitrogen and oxygen atoms in total. The van der Waals surface area contributed by atoms with Crippen molar-refractivity contribution in [1.29, 1.82) is 0 Å². The molecule has 2 heterocycles. The Hall–Kier alpha value is -2.73. The molecule has 0 bridgehead atoms. The van der Waals surface area contributed by atoms with E-state index in [4.69, 9.17) is 4.74 Å². The molecule has 0 spiro atoms. The van der Waals surface area contributed by atoms with Crippen molar-refractivity contribution in [3.05, 3.63) is 59.9 Å². The van der Waals surface area contributed by atoms with Crippen LogP contribution in [0.3, 0.4) is 0 Å². The largest absolute Gasteiger partial charge is 0.367 e. The highest BCUT2D eigenvalue weighted by atomic mass is 16.5. The van der Waals surface area contributed by atoms with Crippen LogP contribution >= 0.6 is 0 Å². The molecule has 0 aliphatic rings. The molecule has 3 aromatic rings. The van der Waals surface area contributed by atoms with Crippen LogP contribution in [0.25, 0.3) is 5.65 Å². The van der Waals surface area contributed by atoms with Crippen LogP contribution in [0.5, 0.6) is 0 Å². The first-order chi connectivity index (χ1) is 11.9. The van der Waals surface area contributed by atoms with Crippen LogP contribution < -0.4 is 5.32 Å². The van der Waals surface area contributed by atoms with E-state index in [-0.39, 0.29) is 17.9 Å². The standard InChI is InChI=1S/C19H22N4O2/c1-19(2,3)15-9-10-17-20-16(11-23(17)22-15)21-18(24)13-25-12-14-7-5-4-6-8-14/h4-11H,12-13H2,1-3H3,(H,21,24). The van der Waals surface area contributed by atoms with Crippen molar-refractivity contribution in [2.24, 2.45) is 0 Å². The van der Waals surface area contributed by atoms with E-state index in [1.54, 1.807) is 10.7 Å². The summed E-state index contributed by atoms with van der Waals surface area (Å²) in [4.78, 5) is 16.4. The fourth-order valence-electron chi connectivity index (χ4n) is 2.36. The predicted molar refractivity (Wildman–Crippen MR) is 96.4 cm³/mol. The number of ether oxygens (including phenoxy) is 1.